The van der Waals surface area contributed by atoms with E-state index < -0.39 is 10.0 Å². The Kier molecular flexibility index (Phi) is 7.28. The number of nitrogens with one attached hydrogen (secondary N) is 2. The third-order valence-electron chi connectivity index (χ3n) is 3.73. The Hall–Kier alpha value is -0.170. The highest BCUT2D eigenvalue weighted by atomic mass is 32.2. The van der Waals surface area contributed by atoms with Gasteiger partial charge in [-0.1, -0.05) is 6.92 Å². The fraction of sp³-hybridized carbons (Fsp3) is 1.00. The molecule has 5 nitrogen and oxygen atoms in total. The Morgan fingerprint density at radius 1 is 1.32 bits per heavy atom. The van der Waals surface area contributed by atoms with Crippen LogP contribution < -0.4 is 10.0 Å². The van der Waals surface area contributed by atoms with Gasteiger partial charge < -0.3 is 10.2 Å². The van der Waals surface area contributed by atoms with Crippen molar-refractivity contribution >= 4 is 10.0 Å². The van der Waals surface area contributed by atoms with Crippen LogP contribution in [0.5, 0.6) is 0 Å². The summed E-state index contributed by atoms with van der Waals surface area (Å²) in [6, 6.07) is 1.15. The van der Waals surface area contributed by atoms with E-state index in [-0.39, 0.29) is 5.75 Å². The standard InChI is InChI=1S/C13H29N3O2S/c1-4-12(2)16(3)10-9-15-19(17,18)11-5-8-14-13-6-7-13/h12-15H,4-11H2,1-3H3. The molecule has 19 heavy (non-hydrogen) atoms. The van der Waals surface area contributed by atoms with Gasteiger partial charge >= 0.3 is 0 Å². The molecule has 0 aliphatic heterocycles. The van der Waals surface area contributed by atoms with Crippen LogP contribution in [0.4, 0.5) is 0 Å². The third kappa shape index (κ3) is 7.87. The highest BCUT2D eigenvalue weighted by Gasteiger charge is 2.20. The lowest BCUT2D eigenvalue weighted by atomic mass is 10.2. The average molecular weight is 291 g/mol. The summed E-state index contributed by atoms with van der Waals surface area (Å²) in [5, 5.41) is 3.33. The monoisotopic (exact) mass is 291 g/mol. The van der Waals surface area contributed by atoms with Gasteiger partial charge in [0, 0.05) is 25.2 Å². The van der Waals surface area contributed by atoms with Gasteiger partial charge in [-0.25, -0.2) is 13.1 Å². The summed E-state index contributed by atoms with van der Waals surface area (Å²) in [6.45, 7) is 6.35. The van der Waals surface area contributed by atoms with Crippen LogP contribution in [0, 0.1) is 0 Å². The fourth-order valence-corrected chi connectivity index (χ4v) is 2.91. The molecule has 0 saturated heterocycles. The second kappa shape index (κ2) is 8.19. The van der Waals surface area contributed by atoms with Gasteiger partial charge in [0.25, 0.3) is 0 Å². The second-order valence-electron chi connectivity index (χ2n) is 5.53. The van der Waals surface area contributed by atoms with Crippen molar-refractivity contribution < 1.29 is 8.42 Å². The Morgan fingerprint density at radius 2 is 2.00 bits per heavy atom. The van der Waals surface area contributed by atoms with E-state index in [4.69, 9.17) is 0 Å². The quantitative estimate of drug-likeness (QED) is 0.552. The first-order chi connectivity index (χ1) is 8.94. The Labute approximate surface area is 118 Å². The van der Waals surface area contributed by atoms with Crippen LogP contribution in [0.25, 0.3) is 0 Å². The molecule has 0 bridgehead atoms. The van der Waals surface area contributed by atoms with Gasteiger partial charge in [-0.05, 0) is 46.2 Å². The Balaban J connectivity index is 2.07. The van der Waals surface area contributed by atoms with Crippen LogP contribution in [0.2, 0.25) is 0 Å². The van der Waals surface area contributed by atoms with Gasteiger partial charge in [-0.3, -0.25) is 0 Å². The molecule has 0 amide bonds. The fourth-order valence-electron chi connectivity index (χ4n) is 1.84. The molecule has 2 N–H and O–H groups in total. The van der Waals surface area contributed by atoms with E-state index in [1.54, 1.807) is 0 Å². The summed E-state index contributed by atoms with van der Waals surface area (Å²) in [6.07, 6.45) is 4.25. The maximum absolute atomic E-state index is 11.8. The van der Waals surface area contributed by atoms with Crippen molar-refractivity contribution in [2.45, 2.75) is 51.6 Å². The summed E-state index contributed by atoms with van der Waals surface area (Å²) < 4.78 is 26.2. The topological polar surface area (TPSA) is 61.4 Å². The summed E-state index contributed by atoms with van der Waals surface area (Å²) in [4.78, 5) is 2.18. The first-order valence-corrected chi connectivity index (χ1v) is 9.01. The van der Waals surface area contributed by atoms with Crippen molar-refractivity contribution in [1.29, 1.82) is 0 Å². The summed E-state index contributed by atoms with van der Waals surface area (Å²) in [7, 11) is -1.07. The van der Waals surface area contributed by atoms with Gasteiger partial charge in [-0.15, -0.1) is 0 Å². The van der Waals surface area contributed by atoms with Crippen LogP contribution in [0.15, 0.2) is 0 Å². The van der Waals surface area contributed by atoms with E-state index in [9.17, 15) is 8.42 Å². The normalized spacial score (nSPS) is 17.9. The molecule has 1 rings (SSSR count). The van der Waals surface area contributed by atoms with Gasteiger partial charge in [0.2, 0.25) is 10.0 Å². The van der Waals surface area contributed by atoms with Crippen molar-refractivity contribution in [2.75, 3.05) is 32.4 Å². The number of hydrogen-bond acceptors (Lipinski definition) is 4. The molecule has 6 heteroatoms. The minimum absolute atomic E-state index is 0.222. The molecule has 0 aromatic rings. The zero-order valence-corrected chi connectivity index (χ0v) is 13.3. The Morgan fingerprint density at radius 3 is 2.58 bits per heavy atom. The molecule has 114 valence electrons. The Bertz CT molecular complexity index is 342. The van der Waals surface area contributed by atoms with E-state index in [1.165, 1.54) is 12.8 Å². The number of sulfonamides is 1. The van der Waals surface area contributed by atoms with Crippen LogP contribution >= 0.6 is 0 Å². The van der Waals surface area contributed by atoms with Gasteiger partial charge in [0.1, 0.15) is 0 Å². The van der Waals surface area contributed by atoms with E-state index in [2.05, 4.69) is 28.8 Å². The van der Waals surface area contributed by atoms with Crippen LogP contribution in [-0.4, -0.2) is 57.8 Å². The summed E-state index contributed by atoms with van der Waals surface area (Å²) in [5.74, 6) is 0.222. The maximum atomic E-state index is 11.8. The van der Waals surface area contributed by atoms with E-state index in [0.29, 0.717) is 25.0 Å². The van der Waals surface area contributed by atoms with Crippen LogP contribution in [0.3, 0.4) is 0 Å². The summed E-state index contributed by atoms with van der Waals surface area (Å²) in [5.41, 5.74) is 0. The van der Waals surface area contributed by atoms with Gasteiger partial charge in [0.15, 0.2) is 0 Å². The first-order valence-electron chi connectivity index (χ1n) is 7.35. The number of likely N-dealkylation sites (N-methyl/N-ethyl adjacent to an activating group) is 1. The van der Waals surface area contributed by atoms with Crippen molar-refractivity contribution in [1.82, 2.24) is 14.9 Å². The predicted molar refractivity (Wildman–Crippen MR) is 79.8 cm³/mol. The highest BCUT2D eigenvalue weighted by Crippen LogP contribution is 2.18. The lowest BCUT2D eigenvalue weighted by molar-refractivity contribution is 0.256. The van der Waals surface area contributed by atoms with Crippen molar-refractivity contribution in [3.63, 3.8) is 0 Å². The molecule has 0 aromatic heterocycles. The zero-order valence-electron chi connectivity index (χ0n) is 12.5. The molecule has 0 heterocycles. The largest absolute Gasteiger partial charge is 0.314 e. The van der Waals surface area contributed by atoms with Gasteiger partial charge in [-0.2, -0.15) is 0 Å². The third-order valence-corrected chi connectivity index (χ3v) is 5.20. The SMILES string of the molecule is CCC(C)N(C)CCNS(=O)(=O)CCCNC1CC1. The number of rotatable bonds is 11. The second-order valence-corrected chi connectivity index (χ2v) is 7.46. The minimum atomic E-state index is -3.10. The molecular weight excluding hydrogens is 262 g/mol. The molecule has 1 aliphatic carbocycles. The number of nitrogens with zero attached hydrogens (tertiary/aromatic N) is 1. The average Bonchev–Trinajstić information content (AvgIpc) is 3.17. The molecule has 1 saturated carbocycles. The molecule has 1 aliphatic rings. The van der Waals surface area contributed by atoms with Crippen LogP contribution in [0.1, 0.15) is 39.5 Å². The maximum Gasteiger partial charge on any atom is 0.211 e. The molecule has 0 radical (unpaired) electrons. The van der Waals surface area contributed by atoms with E-state index in [1.807, 2.05) is 7.05 Å². The van der Waals surface area contributed by atoms with E-state index >= 15 is 0 Å². The minimum Gasteiger partial charge on any atom is -0.314 e. The first kappa shape index (κ1) is 16.9. The highest BCUT2D eigenvalue weighted by molar-refractivity contribution is 7.89. The van der Waals surface area contributed by atoms with Crippen molar-refractivity contribution in [2.24, 2.45) is 0 Å². The molecule has 1 fully saturated rings. The molecule has 1 atom stereocenters. The lowest BCUT2D eigenvalue weighted by Gasteiger charge is -2.23. The lowest BCUT2D eigenvalue weighted by Crippen LogP contribution is -2.38. The molecule has 0 spiro atoms. The molecule has 1 unspecified atom stereocenters. The van der Waals surface area contributed by atoms with Crippen LogP contribution in [-0.2, 0) is 10.0 Å². The van der Waals surface area contributed by atoms with E-state index in [0.717, 1.165) is 19.5 Å². The van der Waals surface area contributed by atoms with Crippen molar-refractivity contribution in [3.05, 3.63) is 0 Å². The summed E-state index contributed by atoms with van der Waals surface area (Å²) >= 11 is 0. The molecular formula is C13H29N3O2S. The zero-order chi connectivity index (χ0) is 14.3. The van der Waals surface area contributed by atoms with Crippen molar-refractivity contribution in [3.8, 4) is 0 Å². The predicted octanol–water partition coefficient (Wildman–Crippen LogP) is 0.778. The number of hydrogen-bond donors (Lipinski definition) is 2. The molecule has 0 aromatic carbocycles. The van der Waals surface area contributed by atoms with Gasteiger partial charge in [0.05, 0.1) is 5.75 Å². The smallest absolute Gasteiger partial charge is 0.211 e.